The van der Waals surface area contributed by atoms with E-state index >= 15 is 0 Å². The fraction of sp³-hybridized carbons (Fsp3) is 0.400. The second kappa shape index (κ2) is 11.3. The monoisotopic (exact) mass is 453 g/mol. The molecule has 1 saturated heterocycles. The number of amides is 1. The van der Waals surface area contributed by atoms with Crippen LogP contribution in [0.25, 0.3) is 6.08 Å². The summed E-state index contributed by atoms with van der Waals surface area (Å²) < 4.78 is 0. The number of hydrogen-bond donors (Lipinski definition) is 1. The number of nitro groups is 1. The van der Waals surface area contributed by atoms with Crippen LogP contribution in [0.5, 0.6) is 0 Å². The molecular weight excluding hydrogens is 422 g/mol. The largest absolute Gasteiger partial charge is 0.352 e. The highest BCUT2D eigenvalue weighted by Crippen LogP contribution is 2.39. The summed E-state index contributed by atoms with van der Waals surface area (Å²) in [6.45, 7) is 5.97. The van der Waals surface area contributed by atoms with Crippen LogP contribution in [-0.2, 0) is 4.79 Å². The first-order chi connectivity index (χ1) is 15.3. The van der Waals surface area contributed by atoms with Crippen molar-refractivity contribution in [3.05, 3.63) is 69.8 Å². The predicted octanol–water partition coefficient (Wildman–Crippen LogP) is 5.48. The highest BCUT2D eigenvalue weighted by Gasteiger charge is 2.20. The molecule has 1 unspecified atom stereocenters. The minimum Gasteiger partial charge on any atom is -0.352 e. The molecule has 0 spiro atoms. The molecule has 1 atom stereocenters. The van der Waals surface area contributed by atoms with Gasteiger partial charge in [0, 0.05) is 29.6 Å². The van der Waals surface area contributed by atoms with Gasteiger partial charge in [0.25, 0.3) is 5.69 Å². The minimum absolute atomic E-state index is 0.0420. The molecule has 3 rings (SSSR count). The number of benzene rings is 2. The fourth-order valence-electron chi connectivity index (χ4n) is 3.97. The average molecular weight is 454 g/mol. The number of likely N-dealkylation sites (tertiary alicyclic amines) is 1. The van der Waals surface area contributed by atoms with E-state index in [1.54, 1.807) is 12.1 Å². The number of rotatable bonds is 9. The first kappa shape index (κ1) is 24.0. The quantitative estimate of drug-likeness (QED) is 0.309. The molecule has 1 N–H and O–H groups in total. The van der Waals surface area contributed by atoms with Gasteiger partial charge in [-0.05, 0) is 68.1 Å². The molecule has 1 aliphatic heterocycles. The lowest BCUT2D eigenvalue weighted by Gasteiger charge is -2.18. The molecule has 1 fully saturated rings. The fourth-order valence-corrected chi connectivity index (χ4v) is 5.15. The van der Waals surface area contributed by atoms with E-state index in [0.717, 1.165) is 23.4 Å². The predicted molar refractivity (Wildman–Crippen MR) is 130 cm³/mol. The lowest BCUT2D eigenvalue weighted by molar-refractivity contribution is -0.387. The van der Waals surface area contributed by atoms with E-state index in [4.69, 9.17) is 0 Å². The summed E-state index contributed by atoms with van der Waals surface area (Å²) in [5.74, 6) is 0.144. The Kier molecular flexibility index (Phi) is 8.47. The van der Waals surface area contributed by atoms with Gasteiger partial charge in [-0.2, -0.15) is 0 Å². The molecule has 2 aromatic rings. The van der Waals surface area contributed by atoms with E-state index in [9.17, 15) is 14.9 Å². The summed E-state index contributed by atoms with van der Waals surface area (Å²) in [6.07, 6.45) is 6.40. The molecule has 7 heteroatoms. The Morgan fingerprint density at radius 3 is 2.75 bits per heavy atom. The number of carbonyl (C=O) groups excluding carboxylic acids is 1. The first-order valence-electron chi connectivity index (χ1n) is 11.1. The van der Waals surface area contributed by atoms with Gasteiger partial charge in [-0.25, -0.2) is 0 Å². The number of nitrogens with zero attached hydrogens (tertiary/aromatic N) is 2. The van der Waals surface area contributed by atoms with Crippen LogP contribution in [0.1, 0.15) is 50.2 Å². The summed E-state index contributed by atoms with van der Waals surface area (Å²) in [6, 6.07) is 13.6. The third-order valence-corrected chi connectivity index (χ3v) is 6.97. The van der Waals surface area contributed by atoms with Gasteiger partial charge >= 0.3 is 0 Å². The van der Waals surface area contributed by atoms with Crippen LogP contribution in [0.2, 0.25) is 0 Å². The molecule has 1 aliphatic rings. The number of nitrogens with one attached hydrogen (secondary N) is 1. The lowest BCUT2D eigenvalue weighted by atomic mass is 10.0. The lowest BCUT2D eigenvalue weighted by Crippen LogP contribution is -2.31. The average Bonchev–Trinajstić information content (AvgIpc) is 3.17. The van der Waals surface area contributed by atoms with E-state index in [1.165, 1.54) is 36.7 Å². The van der Waals surface area contributed by atoms with Gasteiger partial charge < -0.3 is 10.2 Å². The van der Waals surface area contributed by atoms with Crippen molar-refractivity contribution in [3.63, 3.8) is 0 Å². The van der Waals surface area contributed by atoms with E-state index in [1.807, 2.05) is 24.3 Å². The number of hydrogen-bond acceptors (Lipinski definition) is 5. The van der Waals surface area contributed by atoms with Crippen LogP contribution in [0.4, 0.5) is 5.69 Å². The van der Waals surface area contributed by atoms with Gasteiger partial charge in [-0.3, -0.25) is 14.9 Å². The van der Waals surface area contributed by atoms with Crippen molar-refractivity contribution in [3.8, 4) is 0 Å². The van der Waals surface area contributed by atoms with Crippen molar-refractivity contribution in [2.24, 2.45) is 0 Å². The molecule has 32 heavy (non-hydrogen) atoms. The molecular formula is C25H31N3O3S. The molecule has 170 valence electrons. The Balaban J connectivity index is 1.65. The first-order valence-corrected chi connectivity index (χ1v) is 11.9. The summed E-state index contributed by atoms with van der Waals surface area (Å²) >= 11 is 1.40. The third-order valence-electron chi connectivity index (χ3n) is 5.82. The van der Waals surface area contributed by atoms with Crippen LogP contribution < -0.4 is 5.32 Å². The van der Waals surface area contributed by atoms with Crippen molar-refractivity contribution >= 4 is 29.4 Å². The van der Waals surface area contributed by atoms with Gasteiger partial charge in [-0.15, -0.1) is 0 Å². The highest BCUT2D eigenvalue weighted by molar-refractivity contribution is 7.99. The zero-order chi connectivity index (χ0) is 23.1. The van der Waals surface area contributed by atoms with Gasteiger partial charge in [0.2, 0.25) is 5.91 Å². The topological polar surface area (TPSA) is 75.5 Å². The van der Waals surface area contributed by atoms with Crippen LogP contribution in [-0.4, -0.2) is 41.9 Å². The molecule has 1 amide bonds. The maximum Gasteiger partial charge on any atom is 0.283 e. The molecule has 1 heterocycles. The molecule has 0 aliphatic carbocycles. The normalized spacial score (nSPS) is 16.7. The van der Waals surface area contributed by atoms with Gasteiger partial charge in [0.15, 0.2) is 0 Å². The smallest absolute Gasteiger partial charge is 0.283 e. The molecule has 0 bridgehead atoms. The Labute approximate surface area is 194 Å². The summed E-state index contributed by atoms with van der Waals surface area (Å²) in [4.78, 5) is 27.4. The number of nitro benzene ring substituents is 1. The molecule has 6 nitrogen and oxygen atoms in total. The summed E-state index contributed by atoms with van der Waals surface area (Å²) in [7, 11) is 2.12. The van der Waals surface area contributed by atoms with Gasteiger partial charge in [0.1, 0.15) is 0 Å². The Morgan fingerprint density at radius 1 is 1.28 bits per heavy atom. The SMILES string of the molecule is CC(C)c1ccccc1Sc1ccc(C=CC(=O)NCCC2CCCN2C)cc1[N+](=O)[O-]. The van der Waals surface area contributed by atoms with Crippen LogP contribution >= 0.6 is 11.8 Å². The summed E-state index contributed by atoms with van der Waals surface area (Å²) in [5, 5.41) is 14.6. The Bertz CT molecular complexity index is 990. The van der Waals surface area contributed by atoms with E-state index < -0.39 is 0 Å². The van der Waals surface area contributed by atoms with Crippen molar-refractivity contribution in [1.29, 1.82) is 0 Å². The van der Waals surface area contributed by atoms with Crippen molar-refractivity contribution in [2.45, 2.75) is 54.9 Å². The Hall–Kier alpha value is -2.64. The second-order valence-corrected chi connectivity index (χ2v) is 9.55. The van der Waals surface area contributed by atoms with Crippen LogP contribution in [0, 0.1) is 10.1 Å². The standard InChI is InChI=1S/C25H31N3O3S/c1-18(2)21-8-4-5-9-23(21)32-24-12-10-19(17-22(24)28(30)31)11-13-25(29)26-15-14-20-7-6-16-27(20)3/h4-5,8-13,17-18,20H,6-7,14-16H2,1-3H3,(H,26,29). The third kappa shape index (κ3) is 6.43. The maximum atomic E-state index is 12.2. The molecule has 0 saturated carbocycles. The van der Waals surface area contributed by atoms with E-state index in [0.29, 0.717) is 29.0 Å². The van der Waals surface area contributed by atoms with Gasteiger partial charge in [0.05, 0.1) is 9.82 Å². The van der Waals surface area contributed by atoms with Crippen LogP contribution in [0.15, 0.2) is 58.3 Å². The summed E-state index contributed by atoms with van der Waals surface area (Å²) in [5.41, 5.74) is 1.83. The highest BCUT2D eigenvalue weighted by atomic mass is 32.2. The Morgan fingerprint density at radius 2 is 2.06 bits per heavy atom. The zero-order valence-corrected chi connectivity index (χ0v) is 19.7. The maximum absolute atomic E-state index is 12.2. The zero-order valence-electron chi connectivity index (χ0n) is 18.9. The van der Waals surface area contributed by atoms with E-state index in [2.05, 4.69) is 37.2 Å². The molecule has 0 aromatic heterocycles. The second-order valence-electron chi connectivity index (χ2n) is 8.47. The van der Waals surface area contributed by atoms with Crippen molar-refractivity contribution < 1.29 is 9.72 Å². The van der Waals surface area contributed by atoms with Crippen molar-refractivity contribution in [1.82, 2.24) is 10.2 Å². The van der Waals surface area contributed by atoms with Crippen molar-refractivity contribution in [2.75, 3.05) is 20.1 Å². The van der Waals surface area contributed by atoms with E-state index in [-0.39, 0.29) is 16.5 Å². The number of carbonyl (C=O) groups is 1. The molecule has 2 aromatic carbocycles. The minimum atomic E-state index is -0.365. The molecule has 0 radical (unpaired) electrons. The van der Waals surface area contributed by atoms with Crippen LogP contribution in [0.3, 0.4) is 0 Å². The van der Waals surface area contributed by atoms with Gasteiger partial charge in [-0.1, -0.05) is 49.9 Å².